The molecule has 0 bridgehead atoms. The van der Waals surface area contributed by atoms with Crippen molar-refractivity contribution in [2.75, 3.05) is 18.7 Å². The van der Waals surface area contributed by atoms with Crippen molar-refractivity contribution in [1.29, 1.82) is 0 Å². The van der Waals surface area contributed by atoms with E-state index in [1.54, 1.807) is 24.3 Å². The van der Waals surface area contributed by atoms with Crippen molar-refractivity contribution in [3.63, 3.8) is 0 Å². The molecule has 1 aliphatic rings. The fourth-order valence-electron chi connectivity index (χ4n) is 2.44. The monoisotopic (exact) mass is 387 g/mol. The number of ether oxygens (including phenoxy) is 3. The molecule has 0 aliphatic carbocycles. The number of nitrogens with one attached hydrogen (secondary N) is 1. The van der Waals surface area contributed by atoms with Crippen molar-refractivity contribution >= 4 is 23.5 Å². The summed E-state index contributed by atoms with van der Waals surface area (Å²) in [5.74, 6) is 1.87. The highest BCUT2D eigenvalue weighted by atomic mass is 35.5. The van der Waals surface area contributed by atoms with Gasteiger partial charge in [0.15, 0.2) is 18.1 Å². The lowest BCUT2D eigenvalue weighted by Gasteiger charge is -2.05. The Hall–Kier alpha value is -3.26. The third-order valence-electron chi connectivity index (χ3n) is 3.69. The number of carbonyl (C=O) groups is 1. The Morgan fingerprint density at radius 1 is 1.11 bits per heavy atom. The van der Waals surface area contributed by atoms with Gasteiger partial charge in [-0.05, 0) is 42.0 Å². The number of nitrogens with zero attached hydrogens (tertiary/aromatic N) is 2. The molecule has 0 unspecified atom stereocenters. The van der Waals surface area contributed by atoms with Gasteiger partial charge in [-0.3, -0.25) is 10.1 Å². The number of hydrogen-bond acceptors (Lipinski definition) is 7. The first-order valence-corrected chi connectivity index (χ1v) is 8.42. The Bertz CT molecular complexity index is 958. The van der Waals surface area contributed by atoms with Crippen LogP contribution in [0.25, 0.3) is 0 Å². The molecule has 1 aromatic heterocycles. The van der Waals surface area contributed by atoms with E-state index in [1.807, 2.05) is 18.2 Å². The zero-order chi connectivity index (χ0) is 18.6. The van der Waals surface area contributed by atoms with E-state index in [4.69, 9.17) is 30.2 Å². The summed E-state index contributed by atoms with van der Waals surface area (Å²) in [4.78, 5) is 11.9. The summed E-state index contributed by atoms with van der Waals surface area (Å²) in [6.07, 6.45) is 0.404. The topological polar surface area (TPSA) is 95.7 Å². The van der Waals surface area contributed by atoms with E-state index >= 15 is 0 Å². The fraction of sp³-hybridized carbons (Fsp3) is 0.167. The van der Waals surface area contributed by atoms with Crippen LogP contribution in [-0.4, -0.2) is 29.5 Å². The maximum absolute atomic E-state index is 11.9. The smallest absolute Gasteiger partial charge is 0.322 e. The van der Waals surface area contributed by atoms with Gasteiger partial charge in [0.05, 0.1) is 6.42 Å². The number of fused-ring (bicyclic) bond motifs is 1. The first-order valence-electron chi connectivity index (χ1n) is 8.05. The van der Waals surface area contributed by atoms with E-state index in [-0.39, 0.29) is 19.4 Å². The van der Waals surface area contributed by atoms with Crippen molar-refractivity contribution in [2.24, 2.45) is 0 Å². The van der Waals surface area contributed by atoms with Crippen LogP contribution in [0.5, 0.6) is 17.2 Å². The van der Waals surface area contributed by atoms with Crippen molar-refractivity contribution in [2.45, 2.75) is 6.42 Å². The second-order valence-electron chi connectivity index (χ2n) is 5.66. The van der Waals surface area contributed by atoms with Gasteiger partial charge in [-0.1, -0.05) is 22.8 Å². The summed E-state index contributed by atoms with van der Waals surface area (Å²) >= 11 is 5.79. The Morgan fingerprint density at radius 3 is 2.78 bits per heavy atom. The number of anilines is 1. The first kappa shape index (κ1) is 17.2. The molecule has 4 rings (SSSR count). The van der Waals surface area contributed by atoms with Crippen LogP contribution in [-0.2, 0) is 11.2 Å². The molecule has 0 saturated carbocycles. The molecule has 0 radical (unpaired) electrons. The molecule has 2 aromatic carbocycles. The number of carbonyl (C=O) groups excluding carboxylic acids is 1. The normalized spacial score (nSPS) is 12.0. The lowest BCUT2D eigenvalue weighted by molar-refractivity contribution is -0.118. The average molecular weight is 388 g/mol. The number of amides is 1. The van der Waals surface area contributed by atoms with Crippen LogP contribution in [0.3, 0.4) is 0 Å². The van der Waals surface area contributed by atoms with Gasteiger partial charge in [-0.2, -0.15) is 0 Å². The van der Waals surface area contributed by atoms with E-state index < -0.39 is 5.91 Å². The Labute approximate surface area is 159 Å². The van der Waals surface area contributed by atoms with Crippen molar-refractivity contribution < 1.29 is 23.4 Å². The molecular weight excluding hydrogens is 374 g/mol. The number of benzene rings is 2. The first-order chi connectivity index (χ1) is 13.2. The quantitative estimate of drug-likeness (QED) is 0.694. The molecule has 1 N–H and O–H groups in total. The summed E-state index contributed by atoms with van der Waals surface area (Å²) in [7, 11) is 0. The molecular formula is C18H14ClN3O5. The van der Waals surface area contributed by atoms with Gasteiger partial charge in [0.1, 0.15) is 5.75 Å². The molecule has 0 saturated heterocycles. The van der Waals surface area contributed by atoms with Crippen molar-refractivity contribution in [3.05, 3.63) is 58.9 Å². The highest BCUT2D eigenvalue weighted by molar-refractivity contribution is 6.30. The zero-order valence-electron chi connectivity index (χ0n) is 14.0. The third-order valence-corrected chi connectivity index (χ3v) is 3.94. The molecule has 3 aromatic rings. The summed E-state index contributed by atoms with van der Waals surface area (Å²) in [5, 5.41) is 10.8. The van der Waals surface area contributed by atoms with Gasteiger partial charge in [-0.15, -0.1) is 5.10 Å². The van der Waals surface area contributed by atoms with Crippen molar-refractivity contribution in [1.82, 2.24) is 10.2 Å². The summed E-state index contributed by atoms with van der Waals surface area (Å²) in [5.41, 5.74) is 0.923. The lowest BCUT2D eigenvalue weighted by Crippen LogP contribution is -2.20. The molecule has 2 heterocycles. The number of hydrogen-bond donors (Lipinski definition) is 1. The van der Waals surface area contributed by atoms with Crippen molar-refractivity contribution in [3.8, 4) is 17.2 Å². The van der Waals surface area contributed by atoms with Crippen LogP contribution in [0.1, 0.15) is 11.5 Å². The molecule has 0 atom stereocenters. The van der Waals surface area contributed by atoms with Crippen LogP contribution in [0.15, 0.2) is 46.9 Å². The van der Waals surface area contributed by atoms with E-state index in [0.717, 1.165) is 5.56 Å². The molecule has 1 amide bonds. The third kappa shape index (κ3) is 4.29. The van der Waals surface area contributed by atoms with Gasteiger partial charge < -0.3 is 18.6 Å². The van der Waals surface area contributed by atoms with Crippen LogP contribution in [0, 0.1) is 0 Å². The molecule has 1 aliphatic heterocycles. The van der Waals surface area contributed by atoms with Gasteiger partial charge in [0, 0.05) is 5.02 Å². The van der Waals surface area contributed by atoms with E-state index in [9.17, 15) is 4.79 Å². The van der Waals surface area contributed by atoms with Gasteiger partial charge in [0.25, 0.3) is 5.91 Å². The average Bonchev–Trinajstić information content (AvgIpc) is 3.30. The fourth-order valence-corrected chi connectivity index (χ4v) is 2.56. The van der Waals surface area contributed by atoms with E-state index in [1.165, 1.54) is 0 Å². The minimum absolute atomic E-state index is 0.00968. The predicted octanol–water partition coefficient (Wildman–Crippen LogP) is 3.06. The standard InChI is InChI=1S/C18H14ClN3O5/c19-12-2-4-13(5-3-12)24-9-16(23)20-18-22-21-17(27-18)8-11-1-6-14-15(7-11)26-10-25-14/h1-7H,8-10H2,(H,20,22,23). The second-order valence-corrected chi connectivity index (χ2v) is 6.09. The Balaban J connectivity index is 1.31. The van der Waals surface area contributed by atoms with Gasteiger partial charge in [0.2, 0.25) is 12.7 Å². The minimum atomic E-state index is -0.414. The van der Waals surface area contributed by atoms with Crippen LogP contribution >= 0.6 is 11.6 Å². The molecule has 27 heavy (non-hydrogen) atoms. The predicted molar refractivity (Wildman–Crippen MR) is 95.2 cm³/mol. The van der Waals surface area contributed by atoms with Gasteiger partial charge >= 0.3 is 6.01 Å². The molecule has 138 valence electrons. The maximum atomic E-state index is 11.9. The largest absolute Gasteiger partial charge is 0.484 e. The molecule has 8 nitrogen and oxygen atoms in total. The highest BCUT2D eigenvalue weighted by Gasteiger charge is 2.15. The second kappa shape index (κ2) is 7.55. The highest BCUT2D eigenvalue weighted by Crippen LogP contribution is 2.33. The number of aromatic nitrogens is 2. The summed E-state index contributed by atoms with van der Waals surface area (Å²) in [6, 6.07) is 12.3. The van der Waals surface area contributed by atoms with Crippen LogP contribution < -0.4 is 19.5 Å². The summed E-state index contributed by atoms with van der Waals surface area (Å²) in [6.45, 7) is 0.0229. The molecule has 0 fully saturated rings. The zero-order valence-corrected chi connectivity index (χ0v) is 14.7. The maximum Gasteiger partial charge on any atom is 0.322 e. The molecule has 0 spiro atoms. The Morgan fingerprint density at radius 2 is 1.93 bits per heavy atom. The number of rotatable bonds is 6. The van der Waals surface area contributed by atoms with Gasteiger partial charge in [-0.25, -0.2) is 0 Å². The minimum Gasteiger partial charge on any atom is -0.484 e. The van der Waals surface area contributed by atoms with Crippen LogP contribution in [0.4, 0.5) is 6.01 Å². The Kier molecular flexibility index (Phi) is 4.80. The van der Waals surface area contributed by atoms with E-state index in [0.29, 0.717) is 34.6 Å². The van der Waals surface area contributed by atoms with Crippen LogP contribution in [0.2, 0.25) is 5.02 Å². The van der Waals surface area contributed by atoms with E-state index in [2.05, 4.69) is 15.5 Å². The number of halogens is 1. The SMILES string of the molecule is O=C(COc1ccc(Cl)cc1)Nc1nnc(Cc2ccc3c(c2)OCO3)o1. The summed E-state index contributed by atoms with van der Waals surface area (Å²) < 4.78 is 21.4. The lowest BCUT2D eigenvalue weighted by atomic mass is 10.1. The molecule has 9 heteroatoms.